The van der Waals surface area contributed by atoms with Crippen molar-refractivity contribution >= 4 is 11.6 Å². The van der Waals surface area contributed by atoms with E-state index < -0.39 is 0 Å². The molecule has 0 N–H and O–H groups in total. The van der Waals surface area contributed by atoms with Gasteiger partial charge in [0, 0.05) is 0 Å². The van der Waals surface area contributed by atoms with Gasteiger partial charge < -0.3 is 4.74 Å². The highest BCUT2D eigenvalue weighted by molar-refractivity contribution is 6.31. The highest BCUT2D eigenvalue weighted by Crippen LogP contribution is 2.24. The first-order chi connectivity index (χ1) is 6.69. The minimum absolute atomic E-state index is 0.109. The number of pyridine rings is 1. The number of aromatic nitrogens is 1. The number of ether oxygens (including phenoxy) is 1. The van der Waals surface area contributed by atoms with E-state index in [-0.39, 0.29) is 12.5 Å². The van der Waals surface area contributed by atoms with Crippen molar-refractivity contribution in [2.24, 2.45) is 0 Å². The normalized spacial score (nSPS) is 8.86. The van der Waals surface area contributed by atoms with Gasteiger partial charge in [-0.2, -0.15) is 5.26 Å². The molecule has 4 heteroatoms. The fraction of sp³-hybridized carbons (Fsp3) is 0.200. The summed E-state index contributed by atoms with van der Waals surface area (Å²) in [7, 11) is 0. The molecule has 70 valence electrons. The van der Waals surface area contributed by atoms with Crippen LogP contribution in [0.2, 0.25) is 5.02 Å². The molecule has 0 aliphatic heterocycles. The monoisotopic (exact) mass is 206 g/mol. The van der Waals surface area contributed by atoms with Gasteiger partial charge >= 0.3 is 0 Å². The summed E-state index contributed by atoms with van der Waals surface area (Å²) in [6.07, 6.45) is 5.02. The number of halogens is 1. The van der Waals surface area contributed by atoms with Gasteiger partial charge in [0.2, 0.25) is 5.88 Å². The first-order valence-corrected chi connectivity index (χ1v) is 4.20. The van der Waals surface area contributed by atoms with Crippen molar-refractivity contribution < 1.29 is 4.74 Å². The van der Waals surface area contributed by atoms with Crippen molar-refractivity contribution in [2.75, 3.05) is 6.61 Å². The maximum Gasteiger partial charge on any atom is 0.233 e. The third-order valence-electron chi connectivity index (χ3n) is 1.55. The van der Waals surface area contributed by atoms with E-state index in [9.17, 15) is 0 Å². The van der Waals surface area contributed by atoms with E-state index in [1.807, 2.05) is 6.07 Å². The van der Waals surface area contributed by atoms with Crippen LogP contribution in [0.1, 0.15) is 11.3 Å². The minimum Gasteiger partial charge on any atom is -0.463 e. The molecule has 1 heterocycles. The van der Waals surface area contributed by atoms with Gasteiger partial charge in [0.15, 0.2) is 6.61 Å². The molecule has 0 bridgehead atoms. The lowest BCUT2D eigenvalue weighted by atomic mass is 10.2. The number of hydrogen-bond donors (Lipinski definition) is 0. The highest BCUT2D eigenvalue weighted by atomic mass is 35.5. The smallest absolute Gasteiger partial charge is 0.233 e. The molecule has 0 saturated carbocycles. The van der Waals surface area contributed by atoms with Gasteiger partial charge in [-0.15, -0.1) is 6.42 Å². The van der Waals surface area contributed by atoms with Crippen molar-refractivity contribution in [1.29, 1.82) is 5.26 Å². The van der Waals surface area contributed by atoms with Gasteiger partial charge in [-0.25, -0.2) is 4.98 Å². The van der Waals surface area contributed by atoms with Gasteiger partial charge in [-0.3, -0.25) is 0 Å². The van der Waals surface area contributed by atoms with Crippen LogP contribution in [-0.4, -0.2) is 11.6 Å². The van der Waals surface area contributed by atoms with E-state index in [1.54, 1.807) is 6.92 Å². The minimum atomic E-state index is 0.109. The fourth-order valence-corrected chi connectivity index (χ4v) is 1.09. The van der Waals surface area contributed by atoms with Crippen LogP contribution in [-0.2, 0) is 0 Å². The Hall–Kier alpha value is -1.71. The lowest BCUT2D eigenvalue weighted by molar-refractivity contribution is 0.355. The summed E-state index contributed by atoms with van der Waals surface area (Å²) in [6, 6.07) is 3.49. The molecule has 1 aromatic rings. The number of nitrogens with zero attached hydrogens (tertiary/aromatic N) is 2. The topological polar surface area (TPSA) is 45.9 Å². The van der Waals surface area contributed by atoms with Crippen molar-refractivity contribution in [1.82, 2.24) is 4.98 Å². The van der Waals surface area contributed by atoms with Gasteiger partial charge in [0.25, 0.3) is 0 Å². The Morgan fingerprint density at radius 1 is 1.71 bits per heavy atom. The summed E-state index contributed by atoms with van der Waals surface area (Å²) in [6.45, 7) is 1.82. The van der Waals surface area contributed by atoms with Crippen molar-refractivity contribution in [2.45, 2.75) is 6.92 Å². The average Bonchev–Trinajstić information content (AvgIpc) is 2.18. The average molecular weight is 207 g/mol. The largest absolute Gasteiger partial charge is 0.463 e. The molecular weight excluding hydrogens is 200 g/mol. The zero-order valence-corrected chi connectivity index (χ0v) is 8.30. The molecule has 0 aliphatic carbocycles. The molecule has 0 unspecified atom stereocenters. The van der Waals surface area contributed by atoms with Gasteiger partial charge in [0.05, 0.1) is 11.3 Å². The molecular formula is C10H7ClN2O. The molecule has 0 aliphatic rings. The molecule has 14 heavy (non-hydrogen) atoms. The first-order valence-electron chi connectivity index (χ1n) is 3.82. The van der Waals surface area contributed by atoms with E-state index in [0.717, 1.165) is 0 Å². The number of nitriles is 1. The van der Waals surface area contributed by atoms with Gasteiger partial charge in [-0.1, -0.05) is 17.5 Å². The Bertz CT molecular complexity index is 429. The summed E-state index contributed by atoms with van der Waals surface area (Å²) in [5.41, 5.74) is 1.01. The number of rotatable bonds is 2. The summed E-state index contributed by atoms with van der Waals surface area (Å²) in [5.74, 6) is 2.57. The quantitative estimate of drug-likeness (QED) is 0.695. The molecule has 0 amide bonds. The van der Waals surface area contributed by atoms with Crippen LogP contribution < -0.4 is 4.74 Å². The van der Waals surface area contributed by atoms with Crippen LogP contribution in [0.5, 0.6) is 5.88 Å². The van der Waals surface area contributed by atoms with E-state index in [2.05, 4.69) is 10.9 Å². The maximum atomic E-state index is 8.69. The molecule has 3 nitrogen and oxygen atoms in total. The Morgan fingerprint density at radius 3 is 3.00 bits per heavy atom. The van der Waals surface area contributed by atoms with Crippen molar-refractivity contribution in [3.63, 3.8) is 0 Å². The third-order valence-corrected chi connectivity index (χ3v) is 1.82. The van der Waals surface area contributed by atoms with E-state index in [0.29, 0.717) is 16.3 Å². The second-order valence-electron chi connectivity index (χ2n) is 2.51. The van der Waals surface area contributed by atoms with Crippen LogP contribution in [0.3, 0.4) is 0 Å². The van der Waals surface area contributed by atoms with Crippen molar-refractivity contribution in [3.8, 4) is 24.3 Å². The van der Waals surface area contributed by atoms with Crippen LogP contribution in [0.15, 0.2) is 6.07 Å². The Morgan fingerprint density at radius 2 is 2.43 bits per heavy atom. The molecule has 0 atom stereocenters. The molecule has 0 fully saturated rings. The summed E-state index contributed by atoms with van der Waals surface area (Å²) < 4.78 is 5.08. The molecule has 0 radical (unpaired) electrons. The highest BCUT2D eigenvalue weighted by Gasteiger charge is 2.07. The number of hydrogen-bond acceptors (Lipinski definition) is 3. The van der Waals surface area contributed by atoms with Gasteiger partial charge in [0.1, 0.15) is 11.1 Å². The zero-order chi connectivity index (χ0) is 10.6. The summed E-state index contributed by atoms with van der Waals surface area (Å²) in [4.78, 5) is 4.01. The SMILES string of the molecule is C#CCOc1nc(C)c(C#N)cc1Cl. The molecule has 1 aromatic heterocycles. The van der Waals surface area contributed by atoms with Crippen LogP contribution >= 0.6 is 11.6 Å². The van der Waals surface area contributed by atoms with Crippen LogP contribution in [0.25, 0.3) is 0 Å². The fourth-order valence-electron chi connectivity index (χ4n) is 0.883. The Labute approximate surface area is 87.3 Å². The second-order valence-corrected chi connectivity index (χ2v) is 2.92. The predicted octanol–water partition coefficient (Wildman–Crippen LogP) is 1.93. The number of aryl methyl sites for hydroxylation is 1. The molecule has 0 saturated heterocycles. The molecule has 0 aromatic carbocycles. The number of terminal acetylenes is 1. The van der Waals surface area contributed by atoms with E-state index in [1.165, 1.54) is 6.07 Å². The van der Waals surface area contributed by atoms with Crippen molar-refractivity contribution in [3.05, 3.63) is 22.3 Å². The molecule has 1 rings (SSSR count). The Kier molecular flexibility index (Phi) is 3.34. The maximum absolute atomic E-state index is 8.69. The van der Waals surface area contributed by atoms with Gasteiger partial charge in [-0.05, 0) is 13.0 Å². The van der Waals surface area contributed by atoms with Crippen LogP contribution in [0.4, 0.5) is 0 Å². The molecule has 0 spiro atoms. The standard InChI is InChI=1S/C10H7ClN2O/c1-3-4-14-10-9(11)5-8(6-12)7(2)13-10/h1,5H,4H2,2H3. The summed E-state index contributed by atoms with van der Waals surface area (Å²) >= 11 is 5.81. The third kappa shape index (κ3) is 2.16. The van der Waals surface area contributed by atoms with Crippen LogP contribution in [0, 0.1) is 30.6 Å². The zero-order valence-electron chi connectivity index (χ0n) is 7.54. The summed E-state index contributed by atoms with van der Waals surface area (Å²) in [5, 5.41) is 8.98. The Balaban J connectivity index is 3.05. The lowest BCUT2D eigenvalue weighted by Gasteiger charge is -2.05. The van der Waals surface area contributed by atoms with E-state index >= 15 is 0 Å². The second kappa shape index (κ2) is 4.50. The predicted molar refractivity (Wildman–Crippen MR) is 53.0 cm³/mol. The lowest BCUT2D eigenvalue weighted by Crippen LogP contribution is -1.99. The van der Waals surface area contributed by atoms with E-state index in [4.69, 9.17) is 28.0 Å². The first kappa shape index (κ1) is 10.4.